The van der Waals surface area contributed by atoms with Gasteiger partial charge in [-0.2, -0.15) is 0 Å². The summed E-state index contributed by atoms with van der Waals surface area (Å²) in [5.74, 6) is 0.972. The van der Waals surface area contributed by atoms with Crippen LogP contribution in [-0.4, -0.2) is 78.2 Å². The number of esters is 1. The first-order valence-electron chi connectivity index (χ1n) is 11.4. The van der Waals surface area contributed by atoms with Crippen molar-refractivity contribution in [3.8, 4) is 5.69 Å². The molecule has 1 aromatic carbocycles. The molecule has 0 bridgehead atoms. The number of hydrogen-bond donors (Lipinski definition) is 0. The van der Waals surface area contributed by atoms with Crippen molar-refractivity contribution < 1.29 is 14.3 Å². The molecule has 3 aromatic heterocycles. The highest BCUT2D eigenvalue weighted by molar-refractivity contribution is 7.20. The lowest BCUT2D eigenvalue weighted by Gasteiger charge is -2.35. The Balaban J connectivity index is 1.23. The Morgan fingerprint density at radius 3 is 2.46 bits per heavy atom. The average molecular weight is 491 g/mol. The Hall–Kier alpha value is -3.92. The van der Waals surface area contributed by atoms with Gasteiger partial charge in [0.25, 0.3) is 5.91 Å². The Bertz CT molecular complexity index is 1330. The third kappa shape index (κ3) is 4.69. The van der Waals surface area contributed by atoms with Crippen molar-refractivity contribution in [2.24, 2.45) is 0 Å². The first-order valence-corrected chi connectivity index (χ1v) is 12.2. The molecule has 5 rings (SSSR count). The van der Waals surface area contributed by atoms with Crippen molar-refractivity contribution in [2.45, 2.75) is 0 Å². The number of imidazole rings is 1. The van der Waals surface area contributed by atoms with E-state index >= 15 is 0 Å². The Morgan fingerprint density at radius 1 is 1.03 bits per heavy atom. The van der Waals surface area contributed by atoms with E-state index < -0.39 is 5.97 Å². The minimum atomic E-state index is -0.514. The number of piperazine rings is 1. The van der Waals surface area contributed by atoms with Gasteiger partial charge in [-0.25, -0.2) is 14.8 Å². The molecule has 180 valence electrons. The van der Waals surface area contributed by atoms with E-state index in [2.05, 4.69) is 9.88 Å². The summed E-state index contributed by atoms with van der Waals surface area (Å²) in [5, 5.41) is 0. The Morgan fingerprint density at radius 2 is 1.77 bits per heavy atom. The summed E-state index contributed by atoms with van der Waals surface area (Å²) in [6, 6.07) is 17.4. The fourth-order valence-corrected chi connectivity index (χ4v) is 5.10. The molecule has 9 nitrogen and oxygen atoms in total. The van der Waals surface area contributed by atoms with Crippen LogP contribution in [0.15, 0.2) is 60.8 Å². The predicted molar refractivity (Wildman–Crippen MR) is 137 cm³/mol. The van der Waals surface area contributed by atoms with Gasteiger partial charge >= 0.3 is 5.97 Å². The molecule has 0 aliphatic carbocycles. The summed E-state index contributed by atoms with van der Waals surface area (Å²) in [4.78, 5) is 41.6. The third-order valence-corrected chi connectivity index (χ3v) is 6.95. The van der Waals surface area contributed by atoms with Crippen LogP contribution in [0.2, 0.25) is 0 Å². The van der Waals surface area contributed by atoms with Gasteiger partial charge in [-0.1, -0.05) is 24.3 Å². The molecule has 0 spiro atoms. The van der Waals surface area contributed by atoms with Gasteiger partial charge in [0.1, 0.15) is 21.0 Å². The van der Waals surface area contributed by atoms with Gasteiger partial charge in [0.15, 0.2) is 6.61 Å². The van der Waals surface area contributed by atoms with Crippen LogP contribution in [0.3, 0.4) is 0 Å². The van der Waals surface area contributed by atoms with Gasteiger partial charge in [-0.3, -0.25) is 9.36 Å². The molecular formula is C25H26N6O3S. The molecule has 0 N–H and O–H groups in total. The van der Waals surface area contributed by atoms with Crippen LogP contribution in [0.4, 0.5) is 11.8 Å². The maximum atomic E-state index is 12.8. The highest BCUT2D eigenvalue weighted by atomic mass is 32.1. The molecule has 0 atom stereocenters. The lowest BCUT2D eigenvalue weighted by Crippen LogP contribution is -2.50. The van der Waals surface area contributed by atoms with Crippen molar-refractivity contribution in [3.63, 3.8) is 0 Å². The fraction of sp³-hybridized carbons (Fsp3) is 0.280. The highest BCUT2D eigenvalue weighted by Crippen LogP contribution is 2.33. The molecule has 4 heterocycles. The van der Waals surface area contributed by atoms with E-state index in [4.69, 9.17) is 9.72 Å². The molecule has 1 saturated heterocycles. The average Bonchev–Trinajstić information content (AvgIpc) is 3.47. The van der Waals surface area contributed by atoms with Crippen molar-refractivity contribution in [1.29, 1.82) is 0 Å². The lowest BCUT2D eigenvalue weighted by molar-refractivity contribution is -0.134. The molecule has 1 amide bonds. The number of ether oxygens (including phenoxy) is 1. The number of aromatic nitrogens is 3. The number of benzene rings is 1. The van der Waals surface area contributed by atoms with Crippen LogP contribution in [0.25, 0.3) is 16.0 Å². The third-order valence-electron chi connectivity index (χ3n) is 5.87. The van der Waals surface area contributed by atoms with E-state index in [0.717, 1.165) is 22.3 Å². The van der Waals surface area contributed by atoms with Gasteiger partial charge in [0.2, 0.25) is 5.95 Å². The van der Waals surface area contributed by atoms with Gasteiger partial charge in [0, 0.05) is 52.2 Å². The number of nitrogens with zero attached hydrogens (tertiary/aromatic N) is 6. The van der Waals surface area contributed by atoms with Crippen molar-refractivity contribution in [1.82, 2.24) is 19.4 Å². The van der Waals surface area contributed by atoms with E-state index in [1.165, 1.54) is 11.3 Å². The van der Waals surface area contributed by atoms with Gasteiger partial charge in [-0.05, 0) is 30.3 Å². The van der Waals surface area contributed by atoms with E-state index in [0.29, 0.717) is 36.6 Å². The first kappa shape index (κ1) is 22.9. The van der Waals surface area contributed by atoms with E-state index in [1.54, 1.807) is 17.2 Å². The topological polar surface area (TPSA) is 83.8 Å². The molecule has 1 aliphatic heterocycles. The number of para-hydroxylation sites is 1. The molecule has 0 radical (unpaired) electrons. The molecular weight excluding hydrogens is 464 g/mol. The number of hydrogen-bond acceptors (Lipinski definition) is 8. The van der Waals surface area contributed by atoms with Crippen LogP contribution in [0, 0.1) is 0 Å². The zero-order chi connectivity index (χ0) is 24.4. The summed E-state index contributed by atoms with van der Waals surface area (Å²) < 4.78 is 7.40. The maximum Gasteiger partial charge on any atom is 0.348 e. The van der Waals surface area contributed by atoms with E-state index in [1.807, 2.05) is 72.1 Å². The monoisotopic (exact) mass is 490 g/mol. The molecule has 1 fully saturated rings. The predicted octanol–water partition coefficient (Wildman–Crippen LogP) is 3.05. The second kappa shape index (κ2) is 9.75. The van der Waals surface area contributed by atoms with Gasteiger partial charge in [-0.15, -0.1) is 11.3 Å². The minimum absolute atomic E-state index is 0.193. The fourth-order valence-electron chi connectivity index (χ4n) is 4.09. The summed E-state index contributed by atoms with van der Waals surface area (Å²) in [6.07, 6.45) is 1.76. The zero-order valence-electron chi connectivity index (χ0n) is 19.6. The number of carbonyl (C=O) groups is 2. The number of carbonyl (C=O) groups excluding carboxylic acids is 2. The minimum Gasteiger partial charge on any atom is -0.451 e. The molecule has 0 saturated carbocycles. The summed E-state index contributed by atoms with van der Waals surface area (Å²) in [5.41, 5.74) is 1.67. The Labute approximate surface area is 207 Å². The van der Waals surface area contributed by atoms with Crippen molar-refractivity contribution in [2.75, 3.05) is 56.7 Å². The van der Waals surface area contributed by atoms with Crippen molar-refractivity contribution >= 4 is 45.3 Å². The molecule has 10 heteroatoms. The van der Waals surface area contributed by atoms with Crippen LogP contribution in [0.1, 0.15) is 9.67 Å². The van der Waals surface area contributed by atoms with Crippen LogP contribution < -0.4 is 9.80 Å². The van der Waals surface area contributed by atoms with Crippen LogP contribution in [-0.2, 0) is 9.53 Å². The van der Waals surface area contributed by atoms with E-state index in [-0.39, 0.29) is 12.5 Å². The summed E-state index contributed by atoms with van der Waals surface area (Å²) in [7, 11) is 3.87. The number of rotatable bonds is 6. The van der Waals surface area contributed by atoms with Gasteiger partial charge in [0.05, 0.1) is 0 Å². The number of fused-ring (bicyclic) bond motifs is 1. The largest absolute Gasteiger partial charge is 0.451 e. The number of amides is 1. The number of anilines is 2. The van der Waals surface area contributed by atoms with Gasteiger partial charge < -0.3 is 19.4 Å². The summed E-state index contributed by atoms with van der Waals surface area (Å²) in [6.45, 7) is 2.23. The molecule has 4 aromatic rings. The highest BCUT2D eigenvalue weighted by Gasteiger charge is 2.24. The Kier molecular flexibility index (Phi) is 6.37. The van der Waals surface area contributed by atoms with Crippen LogP contribution in [0.5, 0.6) is 0 Å². The molecule has 1 aliphatic rings. The number of thiophene rings is 1. The standard InChI is InChI=1S/C25H26N6O3S/c1-28(2)25-27-19-16-20(35-23(19)31(25)18-8-4-3-5-9-18)24(33)34-17-22(32)30-14-12-29(13-15-30)21-10-6-7-11-26-21/h3-11,16H,12-15,17H2,1-2H3. The second-order valence-corrected chi connectivity index (χ2v) is 9.44. The molecule has 0 unspecified atom stereocenters. The SMILES string of the molecule is CN(C)c1nc2cc(C(=O)OCC(=O)N3CCN(c4ccccn4)CC3)sc2n1-c1ccccc1. The maximum absolute atomic E-state index is 12.8. The first-order chi connectivity index (χ1) is 17.0. The lowest BCUT2D eigenvalue weighted by atomic mass is 10.3. The second-order valence-electron chi connectivity index (χ2n) is 8.41. The van der Waals surface area contributed by atoms with Crippen LogP contribution >= 0.6 is 11.3 Å². The molecule has 35 heavy (non-hydrogen) atoms. The van der Waals surface area contributed by atoms with Crippen molar-refractivity contribution in [3.05, 3.63) is 65.7 Å². The number of pyridine rings is 1. The zero-order valence-corrected chi connectivity index (χ0v) is 20.4. The smallest absolute Gasteiger partial charge is 0.348 e. The normalized spacial score (nSPS) is 13.8. The van der Waals surface area contributed by atoms with E-state index in [9.17, 15) is 9.59 Å². The summed E-state index contributed by atoms with van der Waals surface area (Å²) >= 11 is 1.31. The quantitative estimate of drug-likeness (QED) is 0.384.